The minimum atomic E-state index is -2.87. The van der Waals surface area contributed by atoms with Gasteiger partial charge in [-0.05, 0) is 6.42 Å². The Bertz CT molecular complexity index is 434. The van der Waals surface area contributed by atoms with E-state index in [2.05, 4.69) is 21.0 Å². The number of nitrogens with zero attached hydrogens (tertiary/aromatic N) is 1. The number of quaternary nitrogens is 1. The van der Waals surface area contributed by atoms with Crippen LogP contribution in [0.1, 0.15) is 103 Å². The Hall–Kier alpha value is 0.590. The smallest absolute Gasteiger partial charge is 0.328 e. The molecule has 0 radical (unpaired) electrons. The quantitative estimate of drug-likeness (QED) is 0.193. The Morgan fingerprint density at radius 2 is 1.28 bits per heavy atom. The molecule has 0 amide bonds. The average Bonchev–Trinajstić information content (AvgIpc) is 2.59. The van der Waals surface area contributed by atoms with Gasteiger partial charge in [0.25, 0.3) is 0 Å². The molecule has 0 saturated carbocycles. The van der Waals surface area contributed by atoms with E-state index in [1.807, 2.05) is 0 Å². The lowest BCUT2D eigenvalue weighted by atomic mass is 10.0. The monoisotopic (exact) mass is 497 g/mol. The number of hydrogen-bond acceptors (Lipinski definition) is 3. The van der Waals surface area contributed by atoms with E-state index in [1.54, 1.807) is 6.66 Å². The van der Waals surface area contributed by atoms with E-state index in [1.165, 1.54) is 89.9 Å². The van der Waals surface area contributed by atoms with Gasteiger partial charge in [0, 0.05) is 6.66 Å². The van der Waals surface area contributed by atoms with Crippen LogP contribution in [-0.2, 0) is 13.6 Å². The van der Waals surface area contributed by atoms with Gasteiger partial charge in [0.15, 0.2) is 0 Å². The third-order valence-corrected chi connectivity index (χ3v) is 7.27. The van der Waals surface area contributed by atoms with Crippen molar-refractivity contribution in [1.82, 2.24) is 0 Å². The van der Waals surface area contributed by atoms with Crippen molar-refractivity contribution in [2.45, 2.75) is 109 Å². The first-order valence-corrected chi connectivity index (χ1v) is 14.1. The van der Waals surface area contributed by atoms with Crippen LogP contribution in [0.15, 0.2) is 0 Å². The zero-order chi connectivity index (χ0) is 20.7. The van der Waals surface area contributed by atoms with Gasteiger partial charge in [0.2, 0.25) is 0 Å². The standard InChI is InChI=1S/C23H49NO3P.BrH/c1-5-6-7-8-9-10-11-12-13-14-15-16-17-18-19-23-22-24(2,3)20-21-26-28(4,25)27-23;/h23H,5-22H2,1-4H3;1H/q+1;/p-1/t23?,28-;/m1./s1. The van der Waals surface area contributed by atoms with Gasteiger partial charge in [0.1, 0.15) is 25.8 Å². The highest BCUT2D eigenvalue weighted by atomic mass is 79.9. The van der Waals surface area contributed by atoms with Crippen molar-refractivity contribution in [3.05, 3.63) is 0 Å². The van der Waals surface area contributed by atoms with Crippen LogP contribution >= 0.6 is 7.60 Å². The minimum absolute atomic E-state index is 0. The predicted octanol–water partition coefficient (Wildman–Crippen LogP) is 4.18. The first-order valence-electron chi connectivity index (χ1n) is 12.1. The van der Waals surface area contributed by atoms with E-state index in [-0.39, 0.29) is 23.1 Å². The second kappa shape index (κ2) is 17.2. The van der Waals surface area contributed by atoms with Crippen LogP contribution in [-0.4, -0.2) is 51.0 Å². The van der Waals surface area contributed by atoms with Crippen molar-refractivity contribution in [3.63, 3.8) is 0 Å². The second-order valence-electron chi connectivity index (χ2n) is 9.56. The Morgan fingerprint density at radius 1 is 0.828 bits per heavy atom. The van der Waals surface area contributed by atoms with Crippen molar-refractivity contribution in [1.29, 1.82) is 0 Å². The molecule has 0 aromatic rings. The van der Waals surface area contributed by atoms with Gasteiger partial charge in [-0.3, -0.25) is 9.09 Å². The number of halogens is 1. The molecule has 176 valence electrons. The summed E-state index contributed by atoms with van der Waals surface area (Å²) in [5.74, 6) is 0. The van der Waals surface area contributed by atoms with Crippen LogP contribution in [0.2, 0.25) is 0 Å². The maximum atomic E-state index is 12.3. The molecule has 6 heteroatoms. The Morgan fingerprint density at radius 3 is 1.76 bits per heavy atom. The molecular formula is C23H49BrNO3P. The molecule has 1 aliphatic rings. The van der Waals surface area contributed by atoms with E-state index in [0.29, 0.717) is 6.61 Å². The van der Waals surface area contributed by atoms with E-state index in [0.717, 1.165) is 24.0 Å². The van der Waals surface area contributed by atoms with Crippen LogP contribution < -0.4 is 17.0 Å². The zero-order valence-electron chi connectivity index (χ0n) is 19.8. The fraction of sp³-hybridized carbons (Fsp3) is 1.00. The number of likely N-dealkylation sites (N-methyl/N-ethyl adjacent to an activating group) is 1. The zero-order valence-corrected chi connectivity index (χ0v) is 22.3. The summed E-state index contributed by atoms with van der Waals surface area (Å²) in [7, 11) is 1.54. The van der Waals surface area contributed by atoms with Crippen molar-refractivity contribution in [2.24, 2.45) is 0 Å². The summed E-state index contributed by atoms with van der Waals surface area (Å²) in [6.07, 6.45) is 20.3. The predicted molar refractivity (Wildman–Crippen MR) is 121 cm³/mol. The lowest BCUT2D eigenvalue weighted by molar-refractivity contribution is -0.893. The third kappa shape index (κ3) is 16.9. The summed E-state index contributed by atoms with van der Waals surface area (Å²) in [5.41, 5.74) is 0. The topological polar surface area (TPSA) is 35.5 Å². The molecule has 0 bridgehead atoms. The summed E-state index contributed by atoms with van der Waals surface area (Å²) < 4.78 is 24.5. The summed E-state index contributed by atoms with van der Waals surface area (Å²) in [6, 6.07) is 0. The summed E-state index contributed by atoms with van der Waals surface area (Å²) in [6.45, 7) is 6.25. The van der Waals surface area contributed by atoms with Crippen LogP contribution in [0.3, 0.4) is 0 Å². The van der Waals surface area contributed by atoms with Gasteiger partial charge in [-0.1, -0.05) is 96.8 Å². The van der Waals surface area contributed by atoms with E-state index in [9.17, 15) is 4.57 Å². The largest absolute Gasteiger partial charge is 1.00 e. The SMILES string of the molecule is CCCCCCCCCCCCCCCCC1C[N+](C)(C)CCO[P@@](C)(=O)O1.[Br-]. The van der Waals surface area contributed by atoms with Crippen LogP contribution in [0.25, 0.3) is 0 Å². The second-order valence-corrected chi connectivity index (χ2v) is 11.6. The normalized spacial score (nSPS) is 24.5. The molecule has 0 N–H and O–H groups in total. The average molecular weight is 499 g/mol. The summed E-state index contributed by atoms with van der Waals surface area (Å²) >= 11 is 0. The summed E-state index contributed by atoms with van der Waals surface area (Å²) in [4.78, 5) is 0. The third-order valence-electron chi connectivity index (χ3n) is 5.94. The maximum absolute atomic E-state index is 12.3. The molecule has 4 nitrogen and oxygen atoms in total. The van der Waals surface area contributed by atoms with Crippen molar-refractivity contribution in [3.8, 4) is 0 Å². The van der Waals surface area contributed by atoms with E-state index < -0.39 is 7.60 Å². The minimum Gasteiger partial charge on any atom is -1.00 e. The molecule has 1 fully saturated rings. The first-order chi connectivity index (χ1) is 13.3. The highest BCUT2D eigenvalue weighted by Crippen LogP contribution is 2.46. The van der Waals surface area contributed by atoms with Crippen molar-refractivity contribution >= 4 is 7.60 Å². The van der Waals surface area contributed by atoms with Gasteiger partial charge < -0.3 is 26.0 Å². The maximum Gasteiger partial charge on any atom is 0.328 e. The lowest BCUT2D eigenvalue weighted by Crippen LogP contribution is -3.00. The molecule has 1 aliphatic heterocycles. The highest BCUT2D eigenvalue weighted by molar-refractivity contribution is 7.53. The molecule has 0 aromatic heterocycles. The molecule has 0 aliphatic carbocycles. The number of rotatable bonds is 15. The number of unbranched alkanes of at least 4 members (excludes halogenated alkanes) is 13. The molecule has 29 heavy (non-hydrogen) atoms. The van der Waals surface area contributed by atoms with Crippen LogP contribution in [0.4, 0.5) is 0 Å². The van der Waals surface area contributed by atoms with Gasteiger partial charge in [-0.25, -0.2) is 0 Å². The molecule has 1 heterocycles. The molecule has 0 aromatic carbocycles. The van der Waals surface area contributed by atoms with E-state index >= 15 is 0 Å². The fourth-order valence-electron chi connectivity index (χ4n) is 4.14. The summed E-state index contributed by atoms with van der Waals surface area (Å²) in [5, 5.41) is 0. The molecule has 1 saturated heterocycles. The van der Waals surface area contributed by atoms with Crippen molar-refractivity contribution < 1.29 is 35.1 Å². The van der Waals surface area contributed by atoms with Gasteiger partial charge in [-0.15, -0.1) is 0 Å². The fourth-order valence-corrected chi connectivity index (χ4v) is 5.33. The van der Waals surface area contributed by atoms with Gasteiger partial charge in [-0.2, -0.15) is 0 Å². The lowest BCUT2D eigenvalue weighted by Gasteiger charge is -2.36. The molecule has 1 unspecified atom stereocenters. The van der Waals surface area contributed by atoms with Gasteiger partial charge >= 0.3 is 7.60 Å². The van der Waals surface area contributed by atoms with Crippen molar-refractivity contribution in [2.75, 3.05) is 40.5 Å². The molecule has 2 atom stereocenters. The van der Waals surface area contributed by atoms with Crippen LogP contribution in [0, 0.1) is 0 Å². The molecular weight excluding hydrogens is 449 g/mol. The van der Waals surface area contributed by atoms with Crippen LogP contribution in [0.5, 0.6) is 0 Å². The molecule has 0 spiro atoms. The van der Waals surface area contributed by atoms with Gasteiger partial charge in [0.05, 0.1) is 14.1 Å². The highest BCUT2D eigenvalue weighted by Gasteiger charge is 2.32. The number of hydrogen-bond donors (Lipinski definition) is 0. The Kier molecular flexibility index (Phi) is 17.5. The Balaban J connectivity index is 0.00000784. The van der Waals surface area contributed by atoms with E-state index in [4.69, 9.17) is 9.05 Å². The first kappa shape index (κ1) is 29.6. The molecule has 1 rings (SSSR count). The Labute approximate surface area is 192 Å².